The molecule has 2 heteroatoms. The molecule has 0 bridgehead atoms. The van der Waals surface area contributed by atoms with Crippen LogP contribution in [0, 0.1) is 11.3 Å². The average Bonchev–Trinajstić information content (AvgIpc) is 2.12. The maximum absolute atomic E-state index is 8.76. The van der Waals surface area contributed by atoms with E-state index in [9.17, 15) is 0 Å². The second-order valence-corrected chi connectivity index (χ2v) is 5.63. The maximum atomic E-state index is 8.76. The van der Waals surface area contributed by atoms with Gasteiger partial charge in [-0.1, -0.05) is 33.6 Å². The number of aliphatic hydroxyl groups excluding tert-OH is 1. The van der Waals surface area contributed by atoms with Gasteiger partial charge in [-0.3, -0.25) is 0 Å². The van der Waals surface area contributed by atoms with Gasteiger partial charge in [0.2, 0.25) is 0 Å². The van der Waals surface area contributed by atoms with Crippen molar-refractivity contribution in [1.29, 1.82) is 0 Å². The van der Waals surface area contributed by atoms with Gasteiger partial charge in [-0.25, -0.2) is 0 Å². The molecule has 92 valence electrons. The summed E-state index contributed by atoms with van der Waals surface area (Å²) < 4.78 is 5.14. The Balaban J connectivity index is 3.84. The largest absolute Gasteiger partial charge is 0.396 e. The van der Waals surface area contributed by atoms with Crippen LogP contribution >= 0.6 is 0 Å². The lowest BCUT2D eigenvalue weighted by Gasteiger charge is -2.25. The van der Waals surface area contributed by atoms with Crippen LogP contribution in [0.25, 0.3) is 0 Å². The van der Waals surface area contributed by atoms with Gasteiger partial charge < -0.3 is 9.84 Å². The minimum Gasteiger partial charge on any atom is -0.396 e. The molecule has 0 aromatic heterocycles. The van der Waals surface area contributed by atoms with Crippen molar-refractivity contribution in [2.75, 3.05) is 20.3 Å². The molecule has 0 amide bonds. The number of rotatable bonds is 8. The minimum absolute atomic E-state index is 0.326. The van der Waals surface area contributed by atoms with Gasteiger partial charge >= 0.3 is 0 Å². The van der Waals surface area contributed by atoms with E-state index in [2.05, 4.69) is 20.8 Å². The van der Waals surface area contributed by atoms with Crippen LogP contribution in [0.3, 0.4) is 0 Å². The third kappa shape index (κ3) is 10.2. The maximum Gasteiger partial charge on any atom is 0.0464 e. The summed E-state index contributed by atoms with van der Waals surface area (Å²) in [7, 11) is 1.77. The van der Waals surface area contributed by atoms with Crippen LogP contribution in [0.5, 0.6) is 0 Å². The fourth-order valence-electron chi connectivity index (χ4n) is 2.04. The van der Waals surface area contributed by atoms with E-state index in [-0.39, 0.29) is 0 Å². The van der Waals surface area contributed by atoms with Gasteiger partial charge in [0.25, 0.3) is 0 Å². The van der Waals surface area contributed by atoms with Gasteiger partial charge in [0.15, 0.2) is 0 Å². The zero-order valence-electron chi connectivity index (χ0n) is 10.9. The van der Waals surface area contributed by atoms with Gasteiger partial charge in [0.1, 0.15) is 0 Å². The first-order chi connectivity index (χ1) is 6.99. The van der Waals surface area contributed by atoms with E-state index in [1.54, 1.807) is 7.11 Å². The van der Waals surface area contributed by atoms with Crippen molar-refractivity contribution in [1.82, 2.24) is 0 Å². The lowest BCUT2D eigenvalue weighted by atomic mass is 9.81. The number of hydrogen-bond acceptors (Lipinski definition) is 2. The van der Waals surface area contributed by atoms with E-state index >= 15 is 0 Å². The molecular weight excluding hydrogens is 188 g/mol. The summed E-state index contributed by atoms with van der Waals surface area (Å²) >= 11 is 0. The molecule has 0 saturated carbocycles. The van der Waals surface area contributed by atoms with Crippen LogP contribution in [0.1, 0.15) is 52.9 Å². The van der Waals surface area contributed by atoms with E-state index in [1.807, 2.05) is 0 Å². The highest BCUT2D eigenvalue weighted by Crippen LogP contribution is 2.29. The number of hydrogen-bond donors (Lipinski definition) is 1. The Morgan fingerprint density at radius 2 is 1.80 bits per heavy atom. The van der Waals surface area contributed by atoms with Crippen molar-refractivity contribution >= 4 is 0 Å². The van der Waals surface area contributed by atoms with Gasteiger partial charge in [-0.05, 0) is 30.6 Å². The van der Waals surface area contributed by atoms with Crippen LogP contribution in [-0.2, 0) is 4.74 Å². The molecule has 1 N–H and O–H groups in total. The van der Waals surface area contributed by atoms with Crippen molar-refractivity contribution in [3.05, 3.63) is 0 Å². The molecule has 0 aliphatic rings. The highest BCUT2D eigenvalue weighted by atomic mass is 16.5. The van der Waals surface area contributed by atoms with Crippen LogP contribution in [0.2, 0.25) is 0 Å². The van der Waals surface area contributed by atoms with Gasteiger partial charge in [-0.2, -0.15) is 0 Å². The second-order valence-electron chi connectivity index (χ2n) is 5.63. The van der Waals surface area contributed by atoms with Crippen LogP contribution in [-0.4, -0.2) is 25.4 Å². The molecule has 2 nitrogen and oxygen atoms in total. The molecule has 0 aromatic rings. The van der Waals surface area contributed by atoms with E-state index in [4.69, 9.17) is 9.84 Å². The Kier molecular flexibility index (Phi) is 8.07. The highest BCUT2D eigenvalue weighted by Gasteiger charge is 2.18. The summed E-state index contributed by atoms with van der Waals surface area (Å²) in [5, 5.41) is 8.76. The van der Waals surface area contributed by atoms with Crippen molar-refractivity contribution in [3.63, 3.8) is 0 Å². The predicted octanol–water partition coefficient (Wildman–Crippen LogP) is 3.24. The quantitative estimate of drug-likeness (QED) is 0.631. The van der Waals surface area contributed by atoms with Gasteiger partial charge in [-0.15, -0.1) is 0 Å². The molecule has 0 heterocycles. The Morgan fingerprint density at radius 3 is 2.27 bits per heavy atom. The third-order valence-corrected chi connectivity index (χ3v) is 2.65. The summed E-state index contributed by atoms with van der Waals surface area (Å²) in [6.07, 6.45) is 5.71. The monoisotopic (exact) mass is 216 g/mol. The average molecular weight is 216 g/mol. The summed E-state index contributed by atoms with van der Waals surface area (Å²) in [5.74, 6) is 0.747. The summed E-state index contributed by atoms with van der Waals surface area (Å²) in [6.45, 7) is 8.06. The number of ether oxygens (including phenoxy) is 1. The smallest absolute Gasteiger partial charge is 0.0464 e. The third-order valence-electron chi connectivity index (χ3n) is 2.65. The summed E-state index contributed by atoms with van der Waals surface area (Å²) in [5.41, 5.74) is 0.400. The predicted molar refractivity (Wildman–Crippen MR) is 65.0 cm³/mol. The van der Waals surface area contributed by atoms with Crippen molar-refractivity contribution in [2.24, 2.45) is 11.3 Å². The molecule has 1 atom stereocenters. The first kappa shape index (κ1) is 14.9. The molecule has 0 fully saturated rings. The number of unbranched alkanes of at least 4 members (excludes halogenated alkanes) is 1. The standard InChI is InChI=1S/C13H28O2/c1-13(2,3)11-12(8-10-15-4)7-5-6-9-14/h12,14H,5-11H2,1-4H3/t12-/m0/s1. The van der Waals surface area contributed by atoms with Crippen molar-refractivity contribution < 1.29 is 9.84 Å². The first-order valence-corrected chi connectivity index (χ1v) is 6.09. The molecule has 0 aliphatic carbocycles. The van der Waals surface area contributed by atoms with Crippen LogP contribution in [0.4, 0.5) is 0 Å². The number of aliphatic hydroxyl groups is 1. The molecule has 0 unspecified atom stereocenters. The molecular formula is C13H28O2. The Hall–Kier alpha value is -0.0800. The molecule has 0 rings (SSSR count). The Bertz CT molecular complexity index is 138. The zero-order valence-corrected chi connectivity index (χ0v) is 10.9. The molecule has 15 heavy (non-hydrogen) atoms. The molecule has 0 radical (unpaired) electrons. The molecule has 0 aliphatic heterocycles. The topological polar surface area (TPSA) is 29.5 Å². The SMILES string of the molecule is COCC[C@H](CCCCO)CC(C)(C)C. The van der Waals surface area contributed by atoms with E-state index in [1.165, 1.54) is 12.8 Å². The number of methoxy groups -OCH3 is 1. The Labute approximate surface area is 95.0 Å². The first-order valence-electron chi connectivity index (χ1n) is 6.09. The van der Waals surface area contributed by atoms with E-state index in [0.717, 1.165) is 31.8 Å². The fourth-order valence-corrected chi connectivity index (χ4v) is 2.04. The summed E-state index contributed by atoms with van der Waals surface area (Å²) in [4.78, 5) is 0. The zero-order chi connectivity index (χ0) is 11.7. The molecule has 0 spiro atoms. The lowest BCUT2D eigenvalue weighted by Crippen LogP contribution is -2.15. The Morgan fingerprint density at radius 1 is 1.13 bits per heavy atom. The van der Waals surface area contributed by atoms with Gasteiger partial charge in [0, 0.05) is 20.3 Å². The van der Waals surface area contributed by atoms with Crippen LogP contribution in [0.15, 0.2) is 0 Å². The van der Waals surface area contributed by atoms with Crippen LogP contribution < -0.4 is 0 Å². The van der Waals surface area contributed by atoms with Gasteiger partial charge in [0.05, 0.1) is 0 Å². The van der Waals surface area contributed by atoms with Crippen molar-refractivity contribution in [3.8, 4) is 0 Å². The normalized spacial score (nSPS) is 14.2. The second kappa shape index (κ2) is 8.12. The molecule has 0 saturated heterocycles. The lowest BCUT2D eigenvalue weighted by molar-refractivity contribution is 0.156. The summed E-state index contributed by atoms with van der Waals surface area (Å²) in [6, 6.07) is 0. The fraction of sp³-hybridized carbons (Fsp3) is 1.00. The van der Waals surface area contributed by atoms with E-state index in [0.29, 0.717) is 12.0 Å². The van der Waals surface area contributed by atoms with Crippen molar-refractivity contribution in [2.45, 2.75) is 52.9 Å². The molecule has 0 aromatic carbocycles. The van der Waals surface area contributed by atoms with E-state index < -0.39 is 0 Å². The minimum atomic E-state index is 0.326. The highest BCUT2D eigenvalue weighted by molar-refractivity contribution is 4.69.